The van der Waals surface area contributed by atoms with Gasteiger partial charge in [-0.2, -0.15) is 0 Å². The molecule has 0 atom stereocenters. The molecule has 0 saturated carbocycles. The van der Waals surface area contributed by atoms with Crippen molar-refractivity contribution in [1.29, 1.82) is 0 Å². The van der Waals surface area contributed by atoms with Crippen LogP contribution in [-0.4, -0.2) is 14.5 Å². The van der Waals surface area contributed by atoms with E-state index in [1.165, 1.54) is 0 Å². The molecule has 0 aliphatic rings. The van der Waals surface area contributed by atoms with E-state index in [-0.39, 0.29) is 0 Å². The van der Waals surface area contributed by atoms with Gasteiger partial charge in [0, 0.05) is 0 Å². The largest absolute Gasteiger partial charge is 0.444 e. The third-order valence-corrected chi connectivity index (χ3v) is 3.21. The summed E-state index contributed by atoms with van der Waals surface area (Å²) in [7, 11) is 0. The number of rotatable bonds is 2. The third-order valence-electron chi connectivity index (χ3n) is 3.21. The standard InChI is InChI=1S/C14H15N3O/c1-9-10(2)18-14(15-9)8-17-11(3)16-12-6-4-5-7-13(12)17/h4-7H,8H2,1-3H3. The van der Waals surface area contributed by atoms with Crippen LogP contribution in [0.2, 0.25) is 0 Å². The molecule has 3 aromatic rings. The van der Waals surface area contributed by atoms with Crippen molar-refractivity contribution in [2.45, 2.75) is 27.3 Å². The number of aryl methyl sites for hydroxylation is 3. The summed E-state index contributed by atoms with van der Waals surface area (Å²) in [4.78, 5) is 8.95. The average molecular weight is 241 g/mol. The molecular weight excluding hydrogens is 226 g/mol. The molecule has 0 fully saturated rings. The molecular formula is C14H15N3O. The minimum absolute atomic E-state index is 0.626. The maximum absolute atomic E-state index is 5.63. The number of hydrogen-bond acceptors (Lipinski definition) is 3. The second kappa shape index (κ2) is 3.98. The summed E-state index contributed by atoms with van der Waals surface area (Å²) < 4.78 is 7.76. The molecule has 0 saturated heterocycles. The Bertz CT molecular complexity index is 689. The normalized spacial score (nSPS) is 11.3. The first-order valence-electron chi connectivity index (χ1n) is 6.00. The SMILES string of the molecule is Cc1nc(Cn2c(C)nc3ccccc32)oc1C. The Morgan fingerprint density at radius 1 is 1.11 bits per heavy atom. The third kappa shape index (κ3) is 1.70. The molecule has 0 aliphatic carbocycles. The Labute approximate surface area is 105 Å². The van der Waals surface area contributed by atoms with Crippen molar-refractivity contribution in [2.24, 2.45) is 0 Å². The summed E-state index contributed by atoms with van der Waals surface area (Å²) in [5.41, 5.74) is 3.07. The van der Waals surface area contributed by atoms with Crippen LogP contribution >= 0.6 is 0 Å². The highest BCUT2D eigenvalue weighted by Crippen LogP contribution is 2.18. The van der Waals surface area contributed by atoms with Gasteiger partial charge in [-0.1, -0.05) is 12.1 Å². The van der Waals surface area contributed by atoms with Crippen molar-refractivity contribution in [1.82, 2.24) is 14.5 Å². The van der Waals surface area contributed by atoms with Gasteiger partial charge in [0.05, 0.1) is 16.7 Å². The molecule has 92 valence electrons. The summed E-state index contributed by atoms with van der Waals surface area (Å²) in [5, 5.41) is 0. The molecule has 0 radical (unpaired) electrons. The van der Waals surface area contributed by atoms with E-state index < -0.39 is 0 Å². The van der Waals surface area contributed by atoms with Gasteiger partial charge in [0.2, 0.25) is 5.89 Å². The van der Waals surface area contributed by atoms with Crippen molar-refractivity contribution in [2.75, 3.05) is 0 Å². The summed E-state index contributed by atoms with van der Waals surface area (Å²) in [6, 6.07) is 8.10. The Morgan fingerprint density at radius 2 is 1.89 bits per heavy atom. The predicted molar refractivity (Wildman–Crippen MR) is 69.5 cm³/mol. The van der Waals surface area contributed by atoms with Gasteiger partial charge < -0.3 is 8.98 Å². The molecule has 2 aromatic heterocycles. The average Bonchev–Trinajstić information content (AvgIpc) is 2.82. The summed E-state index contributed by atoms with van der Waals surface area (Å²) in [5.74, 6) is 2.59. The van der Waals surface area contributed by atoms with Crippen LogP contribution in [0.3, 0.4) is 0 Å². The molecule has 0 amide bonds. The van der Waals surface area contributed by atoms with Crippen molar-refractivity contribution in [3.8, 4) is 0 Å². The summed E-state index contributed by atoms with van der Waals surface area (Å²) in [6.07, 6.45) is 0. The quantitative estimate of drug-likeness (QED) is 0.692. The van der Waals surface area contributed by atoms with Crippen molar-refractivity contribution in [3.63, 3.8) is 0 Å². The van der Waals surface area contributed by atoms with Gasteiger partial charge in [-0.05, 0) is 32.9 Å². The summed E-state index contributed by atoms with van der Waals surface area (Å²) >= 11 is 0. The van der Waals surface area contributed by atoms with E-state index in [9.17, 15) is 0 Å². The highest BCUT2D eigenvalue weighted by atomic mass is 16.4. The zero-order valence-electron chi connectivity index (χ0n) is 10.8. The highest BCUT2D eigenvalue weighted by Gasteiger charge is 2.11. The number of hydrogen-bond donors (Lipinski definition) is 0. The Morgan fingerprint density at radius 3 is 2.61 bits per heavy atom. The van der Waals surface area contributed by atoms with E-state index in [1.54, 1.807) is 0 Å². The van der Waals surface area contributed by atoms with E-state index in [0.717, 1.165) is 34.2 Å². The lowest BCUT2D eigenvalue weighted by atomic mass is 10.3. The highest BCUT2D eigenvalue weighted by molar-refractivity contribution is 5.75. The Kier molecular flexibility index (Phi) is 2.44. The number of para-hydroxylation sites is 2. The molecule has 0 N–H and O–H groups in total. The number of benzene rings is 1. The van der Waals surface area contributed by atoms with Crippen LogP contribution in [-0.2, 0) is 6.54 Å². The molecule has 0 unspecified atom stereocenters. The topological polar surface area (TPSA) is 43.9 Å². The number of imidazole rings is 1. The molecule has 2 heterocycles. The van der Waals surface area contributed by atoms with Crippen LogP contribution in [0.4, 0.5) is 0 Å². The predicted octanol–water partition coefficient (Wildman–Crippen LogP) is 3.00. The van der Waals surface area contributed by atoms with Crippen LogP contribution in [0.15, 0.2) is 28.7 Å². The van der Waals surface area contributed by atoms with Gasteiger partial charge >= 0.3 is 0 Å². The molecule has 1 aromatic carbocycles. The van der Waals surface area contributed by atoms with Gasteiger partial charge in [0.25, 0.3) is 0 Å². The molecule has 4 nitrogen and oxygen atoms in total. The lowest BCUT2D eigenvalue weighted by Crippen LogP contribution is -2.02. The van der Waals surface area contributed by atoms with Crippen LogP contribution < -0.4 is 0 Å². The zero-order valence-corrected chi connectivity index (χ0v) is 10.8. The maximum atomic E-state index is 5.63. The Hall–Kier alpha value is -2.10. The van der Waals surface area contributed by atoms with Crippen LogP contribution in [0.25, 0.3) is 11.0 Å². The first kappa shape index (κ1) is 11.0. The first-order valence-corrected chi connectivity index (χ1v) is 6.00. The monoisotopic (exact) mass is 241 g/mol. The Balaban J connectivity index is 2.06. The minimum Gasteiger partial charge on any atom is -0.444 e. The van der Waals surface area contributed by atoms with Crippen LogP contribution in [0.1, 0.15) is 23.2 Å². The van der Waals surface area contributed by atoms with Gasteiger partial charge in [0.1, 0.15) is 18.1 Å². The van der Waals surface area contributed by atoms with Gasteiger partial charge in [0.15, 0.2) is 0 Å². The molecule has 3 rings (SSSR count). The molecule has 0 spiro atoms. The number of nitrogens with zero attached hydrogens (tertiary/aromatic N) is 3. The minimum atomic E-state index is 0.626. The van der Waals surface area contributed by atoms with Crippen molar-refractivity contribution in [3.05, 3.63) is 47.4 Å². The van der Waals surface area contributed by atoms with E-state index in [2.05, 4.69) is 20.6 Å². The van der Waals surface area contributed by atoms with Crippen molar-refractivity contribution >= 4 is 11.0 Å². The van der Waals surface area contributed by atoms with E-state index >= 15 is 0 Å². The van der Waals surface area contributed by atoms with Crippen LogP contribution in [0, 0.1) is 20.8 Å². The fourth-order valence-corrected chi connectivity index (χ4v) is 2.14. The lowest BCUT2D eigenvalue weighted by molar-refractivity contribution is 0.457. The summed E-state index contributed by atoms with van der Waals surface area (Å²) in [6.45, 7) is 6.52. The van der Waals surface area contributed by atoms with E-state index in [4.69, 9.17) is 4.42 Å². The van der Waals surface area contributed by atoms with E-state index in [1.807, 2.05) is 39.0 Å². The van der Waals surface area contributed by atoms with E-state index in [0.29, 0.717) is 6.54 Å². The van der Waals surface area contributed by atoms with Gasteiger partial charge in [-0.3, -0.25) is 0 Å². The molecule has 0 aliphatic heterocycles. The molecule has 0 bridgehead atoms. The molecule has 18 heavy (non-hydrogen) atoms. The van der Waals surface area contributed by atoms with Gasteiger partial charge in [-0.25, -0.2) is 9.97 Å². The smallest absolute Gasteiger partial charge is 0.214 e. The fraction of sp³-hybridized carbons (Fsp3) is 0.286. The molecule has 4 heteroatoms. The maximum Gasteiger partial charge on any atom is 0.214 e. The van der Waals surface area contributed by atoms with Crippen molar-refractivity contribution < 1.29 is 4.42 Å². The second-order valence-corrected chi connectivity index (χ2v) is 4.48. The fourth-order valence-electron chi connectivity index (χ4n) is 2.14. The van der Waals surface area contributed by atoms with Crippen LogP contribution in [0.5, 0.6) is 0 Å². The van der Waals surface area contributed by atoms with Gasteiger partial charge in [-0.15, -0.1) is 0 Å². The zero-order chi connectivity index (χ0) is 12.7. The second-order valence-electron chi connectivity index (χ2n) is 4.48. The lowest BCUT2D eigenvalue weighted by Gasteiger charge is -2.03. The number of oxazole rings is 1. The first-order chi connectivity index (χ1) is 8.65. The number of fused-ring (bicyclic) bond motifs is 1. The number of aromatic nitrogens is 3.